The number of nitrogens with one attached hydrogen (secondary N) is 1. The Morgan fingerprint density at radius 3 is 2.61 bits per heavy atom. The third-order valence-electron chi connectivity index (χ3n) is 3.64. The summed E-state index contributed by atoms with van der Waals surface area (Å²) < 4.78 is 6.79. The van der Waals surface area contributed by atoms with Crippen molar-refractivity contribution in [3.05, 3.63) is 36.2 Å². The summed E-state index contributed by atoms with van der Waals surface area (Å²) in [6, 6.07) is 7.79. The molecule has 7 nitrogen and oxygen atoms in total. The first-order valence-corrected chi connectivity index (χ1v) is 7.74. The van der Waals surface area contributed by atoms with Gasteiger partial charge in [0.15, 0.2) is 0 Å². The normalized spacial score (nSPS) is 12.2. The Balaban J connectivity index is 1.88. The maximum Gasteiger partial charge on any atom is 0.220 e. The van der Waals surface area contributed by atoms with Crippen molar-refractivity contribution in [3.63, 3.8) is 0 Å². The maximum absolute atomic E-state index is 12.2. The van der Waals surface area contributed by atoms with Crippen molar-refractivity contribution >= 4 is 5.91 Å². The Hall–Kier alpha value is -2.44. The third kappa shape index (κ3) is 5.05. The number of ether oxygens (including phenoxy) is 1. The molecular formula is C16H23N5O2. The van der Waals surface area contributed by atoms with E-state index in [1.165, 1.54) is 0 Å². The zero-order valence-electron chi connectivity index (χ0n) is 13.8. The lowest BCUT2D eigenvalue weighted by atomic mass is 9.95. The van der Waals surface area contributed by atoms with Crippen LogP contribution in [-0.4, -0.2) is 33.2 Å². The summed E-state index contributed by atoms with van der Waals surface area (Å²) in [7, 11) is 1.64. The quantitative estimate of drug-likeness (QED) is 0.805. The Labute approximate surface area is 136 Å². The molecule has 2 rings (SSSR count). The zero-order chi connectivity index (χ0) is 16.7. The summed E-state index contributed by atoms with van der Waals surface area (Å²) in [5, 5.41) is 14.0. The van der Waals surface area contributed by atoms with Crippen LogP contribution < -0.4 is 10.1 Å². The maximum atomic E-state index is 12.2. The van der Waals surface area contributed by atoms with Crippen LogP contribution in [0.2, 0.25) is 0 Å². The summed E-state index contributed by atoms with van der Waals surface area (Å²) >= 11 is 0. The molecule has 2 aromatic rings. The van der Waals surface area contributed by atoms with Crippen LogP contribution in [0.25, 0.3) is 0 Å². The van der Waals surface area contributed by atoms with Gasteiger partial charge in [-0.3, -0.25) is 4.79 Å². The highest BCUT2D eigenvalue weighted by Crippen LogP contribution is 2.24. The van der Waals surface area contributed by atoms with Gasteiger partial charge in [-0.15, -0.1) is 5.10 Å². The molecule has 7 heteroatoms. The van der Waals surface area contributed by atoms with Gasteiger partial charge in [0.05, 0.1) is 13.2 Å². The Morgan fingerprint density at radius 1 is 1.30 bits per heavy atom. The van der Waals surface area contributed by atoms with Crippen LogP contribution in [0.1, 0.15) is 38.3 Å². The smallest absolute Gasteiger partial charge is 0.220 e. The van der Waals surface area contributed by atoms with Gasteiger partial charge in [0.1, 0.15) is 12.1 Å². The average molecular weight is 317 g/mol. The lowest BCUT2D eigenvalue weighted by Crippen LogP contribution is -2.31. The molecule has 0 saturated heterocycles. The number of nitrogens with zero attached hydrogens (tertiary/aromatic N) is 4. The molecule has 0 radical (unpaired) electrons. The first-order valence-electron chi connectivity index (χ1n) is 7.74. The first kappa shape index (κ1) is 16.9. The molecule has 1 N–H and O–H groups in total. The lowest BCUT2D eigenvalue weighted by Gasteiger charge is -2.23. The predicted molar refractivity (Wildman–Crippen MR) is 85.8 cm³/mol. The fourth-order valence-electron chi connectivity index (χ4n) is 2.38. The van der Waals surface area contributed by atoms with Crippen molar-refractivity contribution in [2.75, 3.05) is 7.11 Å². The van der Waals surface area contributed by atoms with Gasteiger partial charge >= 0.3 is 0 Å². The molecule has 0 spiro atoms. The molecule has 23 heavy (non-hydrogen) atoms. The van der Waals surface area contributed by atoms with Gasteiger partial charge in [0.2, 0.25) is 5.91 Å². The number of aromatic nitrogens is 4. The van der Waals surface area contributed by atoms with Crippen molar-refractivity contribution in [1.29, 1.82) is 0 Å². The molecular weight excluding hydrogens is 294 g/mol. The molecule has 1 atom stereocenters. The molecule has 1 aromatic carbocycles. The number of hydrogen-bond donors (Lipinski definition) is 1. The highest BCUT2D eigenvalue weighted by molar-refractivity contribution is 5.76. The van der Waals surface area contributed by atoms with E-state index in [1.807, 2.05) is 24.3 Å². The number of rotatable bonds is 8. The van der Waals surface area contributed by atoms with Gasteiger partial charge in [-0.05, 0) is 40.5 Å². The molecule has 1 heterocycles. The van der Waals surface area contributed by atoms with E-state index in [0.29, 0.717) is 25.3 Å². The van der Waals surface area contributed by atoms with E-state index in [-0.39, 0.29) is 11.9 Å². The van der Waals surface area contributed by atoms with Crippen molar-refractivity contribution in [2.24, 2.45) is 5.92 Å². The van der Waals surface area contributed by atoms with Gasteiger partial charge < -0.3 is 10.1 Å². The number of carbonyl (C=O) groups is 1. The molecule has 1 amide bonds. The average Bonchev–Trinajstić information content (AvgIpc) is 3.06. The number of carbonyl (C=O) groups excluding carboxylic acids is 1. The standard InChI is InChI=1S/C16H23N5O2/c1-12(2)16(13-6-8-14(23-3)9-7-13)18-15(22)5-4-10-21-11-17-19-20-21/h6-9,11-12,16H,4-5,10H2,1-3H3,(H,18,22)/t16-/m0/s1. The molecule has 0 saturated carbocycles. The van der Waals surface area contributed by atoms with Crippen molar-refractivity contribution in [1.82, 2.24) is 25.5 Å². The van der Waals surface area contributed by atoms with Gasteiger partial charge in [0, 0.05) is 13.0 Å². The summed E-state index contributed by atoms with van der Waals surface area (Å²) in [5.74, 6) is 1.14. The summed E-state index contributed by atoms with van der Waals surface area (Å²) in [5.41, 5.74) is 1.08. The molecule has 0 bridgehead atoms. The van der Waals surface area contributed by atoms with Crippen LogP contribution in [0.4, 0.5) is 0 Å². The van der Waals surface area contributed by atoms with E-state index in [1.54, 1.807) is 18.1 Å². The molecule has 0 aliphatic rings. The second-order valence-corrected chi connectivity index (χ2v) is 5.74. The van der Waals surface area contributed by atoms with Crippen molar-refractivity contribution < 1.29 is 9.53 Å². The van der Waals surface area contributed by atoms with Crippen LogP contribution >= 0.6 is 0 Å². The lowest BCUT2D eigenvalue weighted by molar-refractivity contribution is -0.122. The highest BCUT2D eigenvalue weighted by atomic mass is 16.5. The van der Waals surface area contributed by atoms with Gasteiger partial charge in [-0.2, -0.15) is 0 Å². The fourth-order valence-corrected chi connectivity index (χ4v) is 2.38. The van der Waals surface area contributed by atoms with Gasteiger partial charge in [-0.1, -0.05) is 26.0 Å². The van der Waals surface area contributed by atoms with E-state index in [9.17, 15) is 4.79 Å². The predicted octanol–water partition coefficient (Wildman–Crippen LogP) is 1.98. The Bertz CT molecular complexity index is 595. The second kappa shape index (κ2) is 8.26. The molecule has 0 unspecified atom stereocenters. The van der Waals surface area contributed by atoms with Crippen molar-refractivity contribution in [2.45, 2.75) is 39.3 Å². The van der Waals surface area contributed by atoms with Gasteiger partial charge in [0.25, 0.3) is 0 Å². The minimum atomic E-state index is -0.0126. The summed E-state index contributed by atoms with van der Waals surface area (Å²) in [6.45, 7) is 4.82. The summed E-state index contributed by atoms with van der Waals surface area (Å²) in [6.07, 6.45) is 2.69. The number of benzene rings is 1. The van der Waals surface area contributed by atoms with E-state index >= 15 is 0 Å². The van der Waals surface area contributed by atoms with Crippen LogP contribution in [-0.2, 0) is 11.3 Å². The summed E-state index contributed by atoms with van der Waals surface area (Å²) in [4.78, 5) is 12.2. The van der Waals surface area contributed by atoms with Crippen LogP contribution in [0, 0.1) is 5.92 Å². The molecule has 0 aliphatic heterocycles. The third-order valence-corrected chi connectivity index (χ3v) is 3.64. The van der Waals surface area contributed by atoms with E-state index in [0.717, 1.165) is 11.3 Å². The number of tetrazole rings is 1. The van der Waals surface area contributed by atoms with E-state index < -0.39 is 0 Å². The molecule has 1 aromatic heterocycles. The zero-order valence-corrected chi connectivity index (χ0v) is 13.8. The second-order valence-electron chi connectivity index (χ2n) is 5.74. The fraction of sp³-hybridized carbons (Fsp3) is 0.500. The Kier molecular flexibility index (Phi) is 6.08. The molecule has 124 valence electrons. The van der Waals surface area contributed by atoms with E-state index in [2.05, 4.69) is 34.7 Å². The molecule has 0 aliphatic carbocycles. The van der Waals surface area contributed by atoms with Crippen LogP contribution in [0.5, 0.6) is 5.75 Å². The van der Waals surface area contributed by atoms with Crippen molar-refractivity contribution in [3.8, 4) is 5.75 Å². The first-order chi connectivity index (χ1) is 11.1. The topological polar surface area (TPSA) is 81.9 Å². The highest BCUT2D eigenvalue weighted by Gasteiger charge is 2.18. The van der Waals surface area contributed by atoms with Gasteiger partial charge in [-0.25, -0.2) is 4.68 Å². The van der Waals surface area contributed by atoms with Crippen LogP contribution in [0.3, 0.4) is 0 Å². The largest absolute Gasteiger partial charge is 0.497 e. The number of hydrogen-bond acceptors (Lipinski definition) is 5. The number of amides is 1. The van der Waals surface area contributed by atoms with Crippen LogP contribution in [0.15, 0.2) is 30.6 Å². The monoisotopic (exact) mass is 317 g/mol. The SMILES string of the molecule is COc1ccc([C@@H](NC(=O)CCCn2cnnn2)C(C)C)cc1. The minimum absolute atomic E-state index is 0.0126. The number of aryl methyl sites for hydroxylation is 1. The molecule has 0 fully saturated rings. The Morgan fingerprint density at radius 2 is 2.04 bits per heavy atom. The number of methoxy groups -OCH3 is 1. The minimum Gasteiger partial charge on any atom is -0.497 e. The van der Waals surface area contributed by atoms with E-state index in [4.69, 9.17) is 4.74 Å².